The third-order valence-electron chi connectivity index (χ3n) is 4.22. The van der Waals surface area contributed by atoms with Crippen LogP contribution in [-0.2, 0) is 22.5 Å². The number of carbonyl (C=O) groups is 1. The van der Waals surface area contributed by atoms with Crippen LogP contribution in [-0.4, -0.2) is 23.0 Å². The van der Waals surface area contributed by atoms with Crippen molar-refractivity contribution in [2.45, 2.75) is 32.4 Å². The molecule has 5 heteroatoms. The van der Waals surface area contributed by atoms with E-state index in [1.165, 1.54) is 24.3 Å². The van der Waals surface area contributed by atoms with Crippen molar-refractivity contribution in [1.29, 1.82) is 0 Å². The molecule has 1 aliphatic rings. The molecule has 1 aromatic heterocycles. The van der Waals surface area contributed by atoms with Crippen molar-refractivity contribution in [3.05, 3.63) is 64.7 Å². The molecule has 1 atom stereocenters. The lowest BCUT2D eigenvalue weighted by molar-refractivity contribution is -0.134. The van der Waals surface area contributed by atoms with Crippen LogP contribution < -0.4 is 5.32 Å². The van der Waals surface area contributed by atoms with Crippen LogP contribution in [0.15, 0.2) is 36.7 Å². The molecule has 0 fully saturated rings. The number of benzene rings is 1. The molecule has 1 aliphatic carbocycles. The summed E-state index contributed by atoms with van der Waals surface area (Å²) in [6.07, 6.45) is 8.95. The molecule has 1 heterocycles. The van der Waals surface area contributed by atoms with Crippen molar-refractivity contribution < 1.29 is 9.53 Å². The molecule has 2 aromatic rings. The number of methoxy groups -OCH3 is 1. The zero-order valence-electron chi connectivity index (χ0n) is 14.0. The first-order chi connectivity index (χ1) is 11.7. The van der Waals surface area contributed by atoms with Gasteiger partial charge in [0.05, 0.1) is 18.5 Å². The Bertz CT molecular complexity index is 754. The summed E-state index contributed by atoms with van der Waals surface area (Å²) in [6, 6.07) is 6.64. The quantitative estimate of drug-likeness (QED) is 0.677. The Balaban J connectivity index is 1.65. The van der Waals surface area contributed by atoms with E-state index in [1.54, 1.807) is 12.3 Å². The summed E-state index contributed by atoms with van der Waals surface area (Å²) in [5.41, 5.74) is 5.55. The first-order valence-corrected chi connectivity index (χ1v) is 8.05. The largest absolute Gasteiger partial charge is 0.466 e. The van der Waals surface area contributed by atoms with Crippen LogP contribution in [0.25, 0.3) is 6.08 Å². The predicted molar refractivity (Wildman–Crippen MR) is 92.2 cm³/mol. The van der Waals surface area contributed by atoms with Crippen molar-refractivity contribution >= 4 is 12.0 Å². The van der Waals surface area contributed by atoms with Gasteiger partial charge in [-0.25, -0.2) is 4.79 Å². The fraction of sp³-hybridized carbons (Fsp3) is 0.316. The lowest BCUT2D eigenvalue weighted by Gasteiger charge is -2.14. The minimum atomic E-state index is -0.339. The summed E-state index contributed by atoms with van der Waals surface area (Å²) < 4.78 is 4.62. The molecule has 3 rings (SSSR count). The number of esters is 1. The minimum Gasteiger partial charge on any atom is -0.466 e. The van der Waals surface area contributed by atoms with Crippen LogP contribution in [0, 0.1) is 6.92 Å². The molecule has 1 unspecified atom stereocenters. The smallest absolute Gasteiger partial charge is 0.330 e. The summed E-state index contributed by atoms with van der Waals surface area (Å²) >= 11 is 0. The number of hydrogen-bond acceptors (Lipinski definition) is 5. The molecule has 124 valence electrons. The Morgan fingerprint density at radius 1 is 1.38 bits per heavy atom. The minimum absolute atomic E-state index is 0.335. The average molecular weight is 323 g/mol. The summed E-state index contributed by atoms with van der Waals surface area (Å²) in [6.45, 7) is 2.64. The van der Waals surface area contributed by atoms with E-state index in [9.17, 15) is 4.79 Å². The van der Waals surface area contributed by atoms with Crippen LogP contribution >= 0.6 is 0 Å². The van der Waals surface area contributed by atoms with E-state index < -0.39 is 0 Å². The van der Waals surface area contributed by atoms with Crippen LogP contribution in [0.1, 0.15) is 40.5 Å². The van der Waals surface area contributed by atoms with Crippen LogP contribution in [0.5, 0.6) is 0 Å². The van der Waals surface area contributed by atoms with Crippen molar-refractivity contribution in [3.8, 4) is 0 Å². The molecule has 0 amide bonds. The highest BCUT2D eigenvalue weighted by atomic mass is 16.5. The van der Waals surface area contributed by atoms with Gasteiger partial charge in [0, 0.05) is 31.1 Å². The number of nitrogens with one attached hydrogen (secondary N) is 1. The number of ether oxygens (including phenoxy) is 1. The maximum atomic E-state index is 11.2. The Kier molecular flexibility index (Phi) is 5.01. The summed E-state index contributed by atoms with van der Waals surface area (Å²) in [5.74, 6) is -0.339. The molecule has 0 bridgehead atoms. The van der Waals surface area contributed by atoms with Crippen molar-refractivity contribution in [2.24, 2.45) is 0 Å². The summed E-state index contributed by atoms with van der Waals surface area (Å²) in [5, 5.41) is 3.56. The Morgan fingerprint density at radius 2 is 2.25 bits per heavy atom. The number of nitrogens with zero attached hydrogens (tertiary/aromatic N) is 2. The fourth-order valence-corrected chi connectivity index (χ4v) is 2.92. The fourth-order valence-electron chi connectivity index (χ4n) is 2.92. The van der Waals surface area contributed by atoms with Gasteiger partial charge in [-0.3, -0.25) is 9.97 Å². The normalized spacial score (nSPS) is 16.3. The Labute approximate surface area is 141 Å². The van der Waals surface area contributed by atoms with Gasteiger partial charge in [0.2, 0.25) is 0 Å². The average Bonchev–Trinajstić information content (AvgIpc) is 3.01. The number of rotatable bonds is 5. The van der Waals surface area contributed by atoms with Gasteiger partial charge >= 0.3 is 5.97 Å². The highest BCUT2D eigenvalue weighted by Gasteiger charge is 2.22. The number of fused-ring (bicyclic) bond motifs is 1. The standard InChI is InChI=1S/C19H21N3O2/c1-13-10-21-16(11-20-13)12-22-18-7-5-15-9-14(3-6-17(15)18)4-8-19(23)24-2/h3-4,6,8-11,18,22H,5,7,12H2,1-2H3/b8-4+. The topological polar surface area (TPSA) is 64.1 Å². The third kappa shape index (κ3) is 3.86. The van der Waals surface area contributed by atoms with Gasteiger partial charge in [-0.2, -0.15) is 0 Å². The summed E-state index contributed by atoms with van der Waals surface area (Å²) in [7, 11) is 1.38. The van der Waals surface area contributed by atoms with E-state index in [-0.39, 0.29) is 5.97 Å². The Morgan fingerprint density at radius 3 is 3.00 bits per heavy atom. The zero-order chi connectivity index (χ0) is 16.9. The van der Waals surface area contributed by atoms with Crippen molar-refractivity contribution in [1.82, 2.24) is 15.3 Å². The third-order valence-corrected chi connectivity index (χ3v) is 4.22. The van der Waals surface area contributed by atoms with Gasteiger partial charge in [-0.05, 0) is 42.5 Å². The summed E-state index contributed by atoms with van der Waals surface area (Å²) in [4.78, 5) is 19.8. The lowest BCUT2D eigenvalue weighted by atomic mass is 10.0. The first kappa shape index (κ1) is 16.3. The number of carbonyl (C=O) groups excluding carboxylic acids is 1. The van der Waals surface area contributed by atoms with Gasteiger partial charge in [0.25, 0.3) is 0 Å². The van der Waals surface area contributed by atoms with Gasteiger partial charge in [0.1, 0.15) is 0 Å². The van der Waals surface area contributed by atoms with Crippen molar-refractivity contribution in [2.75, 3.05) is 7.11 Å². The molecular weight excluding hydrogens is 302 g/mol. The molecule has 24 heavy (non-hydrogen) atoms. The maximum Gasteiger partial charge on any atom is 0.330 e. The Hall–Kier alpha value is -2.53. The monoisotopic (exact) mass is 323 g/mol. The van der Waals surface area contributed by atoms with E-state index in [0.29, 0.717) is 12.6 Å². The van der Waals surface area contributed by atoms with Crippen LogP contribution in [0.4, 0.5) is 0 Å². The molecular formula is C19H21N3O2. The van der Waals surface area contributed by atoms with Crippen LogP contribution in [0.3, 0.4) is 0 Å². The highest BCUT2D eigenvalue weighted by Crippen LogP contribution is 2.32. The molecule has 1 N–H and O–H groups in total. The van der Waals surface area contributed by atoms with Gasteiger partial charge in [0.15, 0.2) is 0 Å². The van der Waals surface area contributed by atoms with Gasteiger partial charge in [-0.1, -0.05) is 18.2 Å². The zero-order valence-corrected chi connectivity index (χ0v) is 14.0. The molecule has 0 saturated heterocycles. The van der Waals surface area contributed by atoms with Crippen LogP contribution in [0.2, 0.25) is 0 Å². The molecule has 5 nitrogen and oxygen atoms in total. The number of aromatic nitrogens is 2. The SMILES string of the molecule is COC(=O)/C=C/c1ccc2c(c1)CCC2NCc1cnc(C)cn1. The van der Waals surface area contributed by atoms with Gasteiger partial charge in [-0.15, -0.1) is 0 Å². The second-order valence-corrected chi connectivity index (χ2v) is 5.94. The second-order valence-electron chi connectivity index (χ2n) is 5.94. The number of hydrogen-bond donors (Lipinski definition) is 1. The number of aryl methyl sites for hydroxylation is 2. The van der Waals surface area contributed by atoms with E-state index in [1.807, 2.05) is 19.2 Å². The molecule has 0 aliphatic heterocycles. The maximum absolute atomic E-state index is 11.2. The molecule has 0 spiro atoms. The first-order valence-electron chi connectivity index (χ1n) is 8.05. The highest BCUT2D eigenvalue weighted by molar-refractivity contribution is 5.86. The van der Waals surface area contributed by atoms with E-state index in [0.717, 1.165) is 29.8 Å². The van der Waals surface area contributed by atoms with E-state index in [2.05, 4.69) is 32.2 Å². The molecule has 0 radical (unpaired) electrons. The molecule has 0 saturated carbocycles. The van der Waals surface area contributed by atoms with E-state index >= 15 is 0 Å². The lowest BCUT2D eigenvalue weighted by Crippen LogP contribution is -2.19. The second kappa shape index (κ2) is 7.36. The van der Waals surface area contributed by atoms with Gasteiger partial charge < -0.3 is 10.1 Å². The molecule has 1 aromatic carbocycles. The predicted octanol–water partition coefficient (Wildman–Crippen LogP) is 2.75. The van der Waals surface area contributed by atoms with Crippen molar-refractivity contribution in [3.63, 3.8) is 0 Å². The van der Waals surface area contributed by atoms with E-state index in [4.69, 9.17) is 0 Å².